The average molecular weight is 541 g/mol. The van der Waals surface area contributed by atoms with E-state index in [1.807, 2.05) is 12.1 Å². The summed E-state index contributed by atoms with van der Waals surface area (Å²) < 4.78 is 0. The van der Waals surface area contributed by atoms with Crippen LogP contribution in [0, 0.1) is 0 Å². The minimum Gasteiger partial charge on any atom is -0.508 e. The highest BCUT2D eigenvalue weighted by Gasteiger charge is 2.14. The van der Waals surface area contributed by atoms with Crippen LogP contribution in [-0.2, 0) is 22.9 Å². The highest BCUT2D eigenvalue weighted by molar-refractivity contribution is 6.09. The van der Waals surface area contributed by atoms with Gasteiger partial charge in [-0.15, -0.1) is 0 Å². The summed E-state index contributed by atoms with van der Waals surface area (Å²) in [7, 11) is 0. The van der Waals surface area contributed by atoms with Gasteiger partial charge in [0, 0.05) is 11.3 Å². The first kappa shape index (κ1) is 26.4. The lowest BCUT2D eigenvalue weighted by Gasteiger charge is -2.12. The van der Waals surface area contributed by atoms with E-state index in [0.717, 1.165) is 16.3 Å². The minimum atomic E-state index is -1.09. The van der Waals surface area contributed by atoms with Crippen LogP contribution >= 0.6 is 0 Å². The zero-order chi connectivity index (χ0) is 28.2. The Morgan fingerprint density at radius 3 is 2.10 bits per heavy atom. The number of benzene rings is 5. The molecule has 5 aromatic rings. The van der Waals surface area contributed by atoms with Crippen LogP contribution in [0.2, 0.25) is 0 Å². The Morgan fingerprint density at radius 1 is 0.700 bits per heavy atom. The van der Waals surface area contributed by atoms with Crippen LogP contribution in [0.15, 0.2) is 84.9 Å². The maximum atomic E-state index is 12.8. The van der Waals surface area contributed by atoms with Crippen molar-refractivity contribution < 1.29 is 39.9 Å². The van der Waals surface area contributed by atoms with Crippen LogP contribution in [0.5, 0.6) is 11.5 Å². The normalized spacial score (nSPS) is 11.0. The average Bonchev–Trinajstić information content (AvgIpc) is 2.94. The standard InChI is InChI=1S/C30H24N2O8/c33-27-13-18-2-1-17(15-40-38)9-21(18)11-23(27)16-39-32-25-7-5-24(6-8-25)31-29(35)26-12-22-10-20(30(36)37)4-3-19(22)14-28(26)34/h1-14,32-34,38H,15-16H2,(H,31,35)(H,36,37). The molecule has 0 aliphatic heterocycles. The number of hydrogen-bond acceptors (Lipinski definition) is 8. The summed E-state index contributed by atoms with van der Waals surface area (Å²) in [6, 6.07) is 22.8. The molecule has 40 heavy (non-hydrogen) atoms. The molecule has 0 spiro atoms. The number of nitrogens with one attached hydrogen (secondary N) is 2. The number of phenols is 2. The third-order valence-corrected chi connectivity index (χ3v) is 6.34. The van der Waals surface area contributed by atoms with Gasteiger partial charge < -0.3 is 20.6 Å². The summed E-state index contributed by atoms with van der Waals surface area (Å²) in [6.07, 6.45) is 0. The molecular formula is C30H24N2O8. The highest BCUT2D eigenvalue weighted by Crippen LogP contribution is 2.28. The van der Waals surface area contributed by atoms with Gasteiger partial charge in [0.15, 0.2) is 0 Å². The molecule has 0 atom stereocenters. The topological polar surface area (TPSA) is 158 Å². The Bertz CT molecular complexity index is 1730. The van der Waals surface area contributed by atoms with Crippen LogP contribution in [0.3, 0.4) is 0 Å². The molecule has 0 bridgehead atoms. The molecule has 1 amide bonds. The van der Waals surface area contributed by atoms with Gasteiger partial charge in [-0.25, -0.2) is 9.68 Å². The molecule has 0 aliphatic carbocycles. The van der Waals surface area contributed by atoms with Crippen molar-refractivity contribution in [2.45, 2.75) is 13.2 Å². The first-order valence-corrected chi connectivity index (χ1v) is 12.1. The lowest BCUT2D eigenvalue weighted by Crippen LogP contribution is -2.12. The Morgan fingerprint density at radius 2 is 1.38 bits per heavy atom. The summed E-state index contributed by atoms with van der Waals surface area (Å²) in [5, 5.41) is 44.1. The maximum absolute atomic E-state index is 12.8. The summed E-state index contributed by atoms with van der Waals surface area (Å²) in [5.74, 6) is -1.79. The SMILES string of the molecule is O=C(O)c1ccc2cc(O)c(C(=O)Nc3ccc(NOCc4cc5cc(COO)ccc5cc4O)cc3)cc2c1. The molecule has 202 valence electrons. The fourth-order valence-corrected chi connectivity index (χ4v) is 4.28. The Hall–Kier alpha value is -5.16. The van der Waals surface area contributed by atoms with E-state index in [0.29, 0.717) is 27.7 Å². The number of fused-ring (bicyclic) bond motifs is 2. The first-order valence-electron chi connectivity index (χ1n) is 12.1. The predicted octanol–water partition coefficient (Wildman–Crippen LogP) is 5.89. The maximum Gasteiger partial charge on any atom is 0.335 e. The van der Waals surface area contributed by atoms with Crippen LogP contribution < -0.4 is 10.8 Å². The van der Waals surface area contributed by atoms with E-state index in [9.17, 15) is 24.9 Å². The molecule has 0 aromatic heterocycles. The van der Waals surface area contributed by atoms with Gasteiger partial charge in [-0.3, -0.25) is 20.4 Å². The number of aromatic hydroxyl groups is 2. The fourth-order valence-electron chi connectivity index (χ4n) is 4.28. The molecule has 0 aliphatic rings. The third-order valence-electron chi connectivity index (χ3n) is 6.34. The molecule has 5 aromatic carbocycles. The lowest BCUT2D eigenvalue weighted by molar-refractivity contribution is -0.252. The number of hydrogen-bond donors (Lipinski definition) is 6. The van der Waals surface area contributed by atoms with Crippen molar-refractivity contribution in [1.29, 1.82) is 0 Å². The lowest BCUT2D eigenvalue weighted by atomic mass is 10.0. The monoisotopic (exact) mass is 540 g/mol. The van der Waals surface area contributed by atoms with Gasteiger partial charge in [0.05, 0.1) is 16.8 Å². The summed E-state index contributed by atoms with van der Waals surface area (Å²) in [6.45, 7) is 0.115. The second-order valence-corrected chi connectivity index (χ2v) is 9.09. The summed E-state index contributed by atoms with van der Waals surface area (Å²) in [4.78, 5) is 33.8. The van der Waals surface area contributed by atoms with Crippen molar-refractivity contribution in [3.8, 4) is 11.5 Å². The van der Waals surface area contributed by atoms with Gasteiger partial charge in [-0.1, -0.05) is 18.2 Å². The Kier molecular flexibility index (Phi) is 7.47. The van der Waals surface area contributed by atoms with E-state index in [2.05, 4.69) is 15.7 Å². The molecule has 0 saturated carbocycles. The number of carboxylic acid groups (broad SMARTS) is 1. The summed E-state index contributed by atoms with van der Waals surface area (Å²) in [5.41, 5.74) is 5.26. The molecule has 6 N–H and O–H groups in total. The van der Waals surface area contributed by atoms with E-state index >= 15 is 0 Å². The van der Waals surface area contributed by atoms with Crippen molar-refractivity contribution in [1.82, 2.24) is 0 Å². The van der Waals surface area contributed by atoms with Gasteiger partial charge in [0.1, 0.15) is 24.7 Å². The largest absolute Gasteiger partial charge is 0.508 e. The van der Waals surface area contributed by atoms with E-state index in [1.54, 1.807) is 48.5 Å². The Labute approximate surface area is 227 Å². The second-order valence-electron chi connectivity index (χ2n) is 9.09. The fraction of sp³-hybridized carbons (Fsp3) is 0.0667. The number of aromatic carboxylic acids is 1. The molecule has 0 saturated heterocycles. The quantitative estimate of drug-likeness (QED) is 0.0991. The molecule has 10 nitrogen and oxygen atoms in total. The minimum absolute atomic E-state index is 0.00627. The van der Waals surface area contributed by atoms with E-state index in [4.69, 9.17) is 10.1 Å². The molecule has 0 unspecified atom stereocenters. The van der Waals surface area contributed by atoms with Gasteiger partial charge in [0.25, 0.3) is 5.91 Å². The number of amides is 1. The van der Waals surface area contributed by atoms with Gasteiger partial charge in [0.2, 0.25) is 0 Å². The molecule has 5 rings (SSSR count). The van der Waals surface area contributed by atoms with Crippen molar-refractivity contribution in [3.05, 3.63) is 107 Å². The number of carboxylic acids is 1. The van der Waals surface area contributed by atoms with Crippen LogP contribution in [0.25, 0.3) is 21.5 Å². The Balaban J connectivity index is 1.22. The second kappa shape index (κ2) is 11.3. The zero-order valence-electron chi connectivity index (χ0n) is 20.9. The first-order chi connectivity index (χ1) is 19.3. The van der Waals surface area contributed by atoms with Crippen molar-refractivity contribution in [3.63, 3.8) is 0 Å². The number of carbonyl (C=O) groups is 2. The molecule has 0 radical (unpaired) electrons. The number of rotatable bonds is 9. The van der Waals surface area contributed by atoms with Crippen molar-refractivity contribution >= 4 is 44.8 Å². The van der Waals surface area contributed by atoms with Crippen molar-refractivity contribution in [2.24, 2.45) is 0 Å². The van der Waals surface area contributed by atoms with Gasteiger partial charge >= 0.3 is 5.97 Å². The zero-order valence-corrected chi connectivity index (χ0v) is 20.9. The van der Waals surface area contributed by atoms with E-state index in [-0.39, 0.29) is 35.8 Å². The predicted molar refractivity (Wildman–Crippen MR) is 148 cm³/mol. The molecular weight excluding hydrogens is 516 g/mol. The highest BCUT2D eigenvalue weighted by atomic mass is 17.1. The van der Waals surface area contributed by atoms with E-state index < -0.39 is 11.9 Å². The smallest absolute Gasteiger partial charge is 0.335 e. The number of anilines is 2. The molecule has 10 heteroatoms. The van der Waals surface area contributed by atoms with Crippen molar-refractivity contribution in [2.75, 3.05) is 10.8 Å². The number of carbonyl (C=O) groups excluding carboxylic acids is 1. The van der Waals surface area contributed by atoms with Gasteiger partial charge in [-0.05, 0) is 93.8 Å². The number of phenolic OH excluding ortho intramolecular Hbond substituents is 2. The van der Waals surface area contributed by atoms with E-state index in [1.165, 1.54) is 24.3 Å². The van der Waals surface area contributed by atoms with Crippen LogP contribution in [-0.4, -0.2) is 32.5 Å². The van der Waals surface area contributed by atoms with Gasteiger partial charge in [-0.2, -0.15) is 0 Å². The molecule has 0 heterocycles. The molecule has 0 fully saturated rings. The third kappa shape index (κ3) is 5.79. The van der Waals surface area contributed by atoms with Crippen LogP contribution in [0.1, 0.15) is 31.8 Å². The summed E-state index contributed by atoms with van der Waals surface area (Å²) >= 11 is 0. The van der Waals surface area contributed by atoms with Crippen LogP contribution in [0.4, 0.5) is 11.4 Å².